The van der Waals surface area contributed by atoms with Crippen molar-refractivity contribution >= 4 is 17.4 Å². The normalized spacial score (nSPS) is 10.8. The first-order valence-corrected chi connectivity index (χ1v) is 10.7. The molecule has 0 aliphatic heterocycles. The van der Waals surface area contributed by atoms with Gasteiger partial charge in [-0.15, -0.1) is 0 Å². The molecule has 0 fully saturated rings. The van der Waals surface area contributed by atoms with Crippen LogP contribution in [0.1, 0.15) is 5.69 Å². The van der Waals surface area contributed by atoms with Crippen molar-refractivity contribution < 1.29 is 4.74 Å². The second-order valence-electron chi connectivity index (χ2n) is 7.42. The van der Waals surface area contributed by atoms with Gasteiger partial charge in [-0.3, -0.25) is 0 Å². The fourth-order valence-corrected chi connectivity index (χ4v) is 3.94. The summed E-state index contributed by atoms with van der Waals surface area (Å²) >= 11 is 6.54. The molecule has 0 bridgehead atoms. The summed E-state index contributed by atoms with van der Waals surface area (Å²) in [4.78, 5) is 12.4. The number of halogens is 1. The van der Waals surface area contributed by atoms with E-state index in [4.69, 9.17) is 22.1 Å². The van der Waals surface area contributed by atoms with Gasteiger partial charge in [0, 0.05) is 16.3 Å². The molecule has 0 atom stereocenters. The predicted octanol–water partition coefficient (Wildman–Crippen LogP) is 6.08. The van der Waals surface area contributed by atoms with Gasteiger partial charge in [0.15, 0.2) is 5.75 Å². The van der Waals surface area contributed by atoms with E-state index in [1.165, 1.54) is 6.33 Å². The van der Waals surface area contributed by atoms with Gasteiger partial charge in [-0.25, -0.2) is 15.0 Å². The summed E-state index contributed by atoms with van der Waals surface area (Å²) in [6, 6.07) is 25.5. The molecule has 2 N–H and O–H groups in total. The third-order valence-corrected chi connectivity index (χ3v) is 5.53. The first-order valence-electron chi connectivity index (χ1n) is 10.4. The molecule has 2 aromatic carbocycles. The van der Waals surface area contributed by atoms with Crippen molar-refractivity contribution in [2.24, 2.45) is 0 Å². The number of anilines is 1. The summed E-state index contributed by atoms with van der Waals surface area (Å²) < 4.78 is 8.02. The molecule has 0 saturated carbocycles. The molecule has 6 nitrogen and oxygen atoms in total. The first kappa shape index (κ1) is 20.7. The molecule has 0 spiro atoms. The Kier molecular flexibility index (Phi) is 5.74. The summed E-state index contributed by atoms with van der Waals surface area (Å²) in [6.45, 7) is 0.549. The molecule has 5 rings (SSSR count). The lowest BCUT2D eigenvalue weighted by molar-refractivity contribution is 0.477. The van der Waals surface area contributed by atoms with Crippen LogP contribution in [0.5, 0.6) is 11.5 Å². The van der Waals surface area contributed by atoms with Gasteiger partial charge in [0.05, 0.1) is 30.3 Å². The molecule has 3 heterocycles. The zero-order valence-electron chi connectivity index (χ0n) is 17.6. The van der Waals surface area contributed by atoms with Crippen LogP contribution in [-0.2, 0) is 6.54 Å². The van der Waals surface area contributed by atoms with Crippen molar-refractivity contribution in [3.63, 3.8) is 0 Å². The highest BCUT2D eigenvalue weighted by Gasteiger charge is 2.15. The molecular weight excluding hydrogens is 434 g/mol. The number of nitrogen functional groups attached to an aromatic ring is 1. The maximum absolute atomic E-state index is 6.54. The van der Waals surface area contributed by atoms with Crippen LogP contribution in [0.2, 0.25) is 5.02 Å². The van der Waals surface area contributed by atoms with Crippen LogP contribution < -0.4 is 10.5 Å². The zero-order chi connectivity index (χ0) is 22.6. The van der Waals surface area contributed by atoms with Crippen LogP contribution in [0.15, 0.2) is 97.6 Å². The van der Waals surface area contributed by atoms with Crippen LogP contribution in [0, 0.1) is 0 Å². The number of rotatable bonds is 6. The van der Waals surface area contributed by atoms with Crippen molar-refractivity contribution in [3.05, 3.63) is 108 Å². The lowest BCUT2D eigenvalue weighted by Gasteiger charge is -2.15. The van der Waals surface area contributed by atoms with Gasteiger partial charge in [-0.05, 0) is 60.2 Å². The van der Waals surface area contributed by atoms with Crippen molar-refractivity contribution in [1.29, 1.82) is 0 Å². The van der Waals surface area contributed by atoms with Crippen LogP contribution in [-0.4, -0.2) is 19.5 Å². The van der Waals surface area contributed by atoms with E-state index in [1.807, 2.05) is 60.7 Å². The van der Waals surface area contributed by atoms with Gasteiger partial charge in [-0.2, -0.15) is 0 Å². The summed E-state index contributed by atoms with van der Waals surface area (Å²) in [5.74, 6) is 1.78. The Labute approximate surface area is 196 Å². The van der Waals surface area contributed by atoms with Crippen molar-refractivity contribution in [1.82, 2.24) is 19.5 Å². The lowest BCUT2D eigenvalue weighted by Crippen LogP contribution is -2.06. The van der Waals surface area contributed by atoms with Gasteiger partial charge >= 0.3 is 0 Å². The summed E-state index contributed by atoms with van der Waals surface area (Å²) in [5.41, 5.74) is 10.8. The lowest BCUT2D eigenvalue weighted by atomic mass is 10.1. The van der Waals surface area contributed by atoms with E-state index in [9.17, 15) is 0 Å². The highest BCUT2D eigenvalue weighted by molar-refractivity contribution is 6.33. The molecule has 0 aliphatic carbocycles. The number of pyridine rings is 1. The van der Waals surface area contributed by atoms with Gasteiger partial charge in [0.2, 0.25) is 0 Å². The summed E-state index contributed by atoms with van der Waals surface area (Å²) in [7, 11) is 0. The fourth-order valence-electron chi connectivity index (χ4n) is 3.71. The SMILES string of the molecule is Nc1cccc(Cn2c(-c3ccc(Oc4cncnc4)cc3)ccc2-c2ccccc2Cl)n1. The molecule has 7 heteroatoms. The third-order valence-electron chi connectivity index (χ3n) is 5.20. The van der Waals surface area contributed by atoms with Gasteiger partial charge in [0.25, 0.3) is 0 Å². The Morgan fingerprint density at radius 1 is 0.788 bits per heavy atom. The Hall–Kier alpha value is -4.16. The largest absolute Gasteiger partial charge is 0.454 e. The average molecular weight is 454 g/mol. The molecule has 0 aliphatic rings. The van der Waals surface area contributed by atoms with Crippen LogP contribution in [0.25, 0.3) is 22.5 Å². The number of hydrogen-bond acceptors (Lipinski definition) is 5. The molecule has 5 aromatic rings. The maximum atomic E-state index is 6.54. The Bertz CT molecular complexity index is 1380. The summed E-state index contributed by atoms with van der Waals surface area (Å²) in [6.07, 6.45) is 4.72. The van der Waals surface area contributed by atoms with E-state index in [0.29, 0.717) is 28.9 Å². The number of aromatic nitrogens is 4. The number of benzene rings is 2. The first-order chi connectivity index (χ1) is 16.2. The standard InChI is InChI=1S/C26H20ClN5O/c27-23-6-2-1-5-22(23)25-13-12-24(32(25)16-19-4-3-7-26(28)31-19)18-8-10-20(11-9-18)33-21-14-29-17-30-15-21/h1-15,17H,16H2,(H2,28,31). The molecule has 0 unspecified atom stereocenters. The fraction of sp³-hybridized carbons (Fsp3) is 0.0385. The minimum absolute atomic E-state index is 0.492. The molecule has 0 radical (unpaired) electrons. The second-order valence-corrected chi connectivity index (χ2v) is 7.83. The Morgan fingerprint density at radius 3 is 2.30 bits per heavy atom. The van der Waals surface area contributed by atoms with Gasteiger partial charge in [-0.1, -0.05) is 35.9 Å². The van der Waals surface area contributed by atoms with E-state index in [1.54, 1.807) is 18.5 Å². The van der Waals surface area contributed by atoms with Crippen LogP contribution in [0.4, 0.5) is 5.82 Å². The molecule has 3 aromatic heterocycles. The molecule has 33 heavy (non-hydrogen) atoms. The second kappa shape index (κ2) is 9.14. The van der Waals surface area contributed by atoms with Crippen LogP contribution in [0.3, 0.4) is 0 Å². The topological polar surface area (TPSA) is 78.9 Å². The van der Waals surface area contributed by atoms with E-state index in [2.05, 4.69) is 31.7 Å². The minimum Gasteiger partial charge on any atom is -0.454 e. The maximum Gasteiger partial charge on any atom is 0.163 e. The Balaban J connectivity index is 1.53. The quantitative estimate of drug-likeness (QED) is 0.337. The van der Waals surface area contributed by atoms with E-state index < -0.39 is 0 Å². The highest BCUT2D eigenvalue weighted by atomic mass is 35.5. The van der Waals surface area contributed by atoms with Crippen molar-refractivity contribution in [2.45, 2.75) is 6.54 Å². The minimum atomic E-state index is 0.492. The van der Waals surface area contributed by atoms with E-state index in [-0.39, 0.29) is 0 Å². The summed E-state index contributed by atoms with van der Waals surface area (Å²) in [5, 5.41) is 0.692. The molecule has 0 amide bonds. The monoisotopic (exact) mass is 453 g/mol. The average Bonchev–Trinajstić information content (AvgIpc) is 3.24. The smallest absolute Gasteiger partial charge is 0.163 e. The highest BCUT2D eigenvalue weighted by Crippen LogP contribution is 2.34. The van der Waals surface area contributed by atoms with Crippen molar-refractivity contribution in [3.8, 4) is 34.0 Å². The van der Waals surface area contributed by atoms with Gasteiger partial charge < -0.3 is 15.0 Å². The van der Waals surface area contributed by atoms with E-state index in [0.717, 1.165) is 28.2 Å². The molecule has 162 valence electrons. The zero-order valence-corrected chi connectivity index (χ0v) is 18.4. The number of nitrogens with zero attached hydrogens (tertiary/aromatic N) is 4. The molecule has 0 saturated heterocycles. The third kappa shape index (κ3) is 4.56. The van der Waals surface area contributed by atoms with E-state index >= 15 is 0 Å². The Morgan fingerprint density at radius 2 is 1.55 bits per heavy atom. The molecular formula is C26H20ClN5O. The number of nitrogens with two attached hydrogens (primary N) is 1. The predicted molar refractivity (Wildman–Crippen MR) is 130 cm³/mol. The number of hydrogen-bond donors (Lipinski definition) is 1. The number of ether oxygens (including phenoxy) is 1. The van der Waals surface area contributed by atoms with Crippen molar-refractivity contribution in [2.75, 3.05) is 5.73 Å². The van der Waals surface area contributed by atoms with Crippen LogP contribution >= 0.6 is 11.6 Å². The van der Waals surface area contributed by atoms with Gasteiger partial charge in [0.1, 0.15) is 17.9 Å².